The van der Waals surface area contributed by atoms with Gasteiger partial charge in [-0.15, -0.1) is 0 Å². The minimum atomic E-state index is -0.224. The van der Waals surface area contributed by atoms with Crippen LogP contribution in [0.3, 0.4) is 0 Å². The highest BCUT2D eigenvalue weighted by Gasteiger charge is 2.08. The molecule has 15 heavy (non-hydrogen) atoms. The van der Waals surface area contributed by atoms with Crippen molar-refractivity contribution in [2.45, 2.75) is 19.8 Å². The summed E-state index contributed by atoms with van der Waals surface area (Å²) in [7, 11) is 0. The Labute approximate surface area is 89.7 Å². The number of hydrogen-bond acceptors (Lipinski definition) is 3. The van der Waals surface area contributed by atoms with Gasteiger partial charge in [-0.1, -0.05) is 12.1 Å². The largest absolute Gasteiger partial charge is 0.399 e. The van der Waals surface area contributed by atoms with Gasteiger partial charge in [-0.2, -0.15) is 10.5 Å². The fraction of sp³-hybridized carbons (Fsp3) is 0.333. The second-order valence-corrected chi connectivity index (χ2v) is 3.58. The minimum Gasteiger partial charge on any atom is -0.399 e. The van der Waals surface area contributed by atoms with Crippen molar-refractivity contribution in [3.05, 3.63) is 29.3 Å². The molecule has 0 aliphatic heterocycles. The maximum absolute atomic E-state index is 8.82. The molecule has 0 aliphatic rings. The van der Waals surface area contributed by atoms with Crippen molar-refractivity contribution in [2.24, 2.45) is 5.92 Å². The Morgan fingerprint density at radius 2 is 2.13 bits per heavy atom. The topological polar surface area (TPSA) is 73.6 Å². The predicted octanol–water partition coefficient (Wildman–Crippen LogP) is 2.17. The van der Waals surface area contributed by atoms with Gasteiger partial charge in [0.25, 0.3) is 0 Å². The number of nitrogens with two attached hydrogens (primary N) is 1. The average molecular weight is 199 g/mol. The minimum absolute atomic E-state index is 0.224. The Balaban J connectivity index is 2.77. The lowest BCUT2D eigenvalue weighted by atomic mass is 9.97. The van der Waals surface area contributed by atoms with E-state index in [1.807, 2.05) is 31.2 Å². The van der Waals surface area contributed by atoms with Gasteiger partial charge in [0.1, 0.15) is 0 Å². The van der Waals surface area contributed by atoms with E-state index < -0.39 is 0 Å². The molecule has 0 saturated carbocycles. The molecule has 0 saturated heterocycles. The van der Waals surface area contributed by atoms with Gasteiger partial charge >= 0.3 is 0 Å². The summed E-state index contributed by atoms with van der Waals surface area (Å²) in [5.74, 6) is -0.224. The van der Waals surface area contributed by atoms with E-state index in [1.54, 1.807) is 0 Å². The maximum Gasteiger partial charge on any atom is 0.0670 e. The third-order valence-electron chi connectivity index (χ3n) is 2.34. The molecule has 0 fully saturated rings. The highest BCUT2D eigenvalue weighted by atomic mass is 14.5. The number of nitrogen functional groups attached to an aromatic ring is 1. The summed E-state index contributed by atoms with van der Waals surface area (Å²) in [4.78, 5) is 0. The van der Waals surface area contributed by atoms with E-state index in [2.05, 4.69) is 6.07 Å². The second kappa shape index (κ2) is 5.02. The number of aryl methyl sites for hydroxylation is 1. The highest BCUT2D eigenvalue weighted by molar-refractivity contribution is 5.47. The quantitative estimate of drug-likeness (QED) is 0.758. The third kappa shape index (κ3) is 3.00. The number of hydrogen-bond donors (Lipinski definition) is 1. The molecule has 1 aromatic rings. The number of nitriles is 2. The van der Waals surface area contributed by atoms with Gasteiger partial charge in [-0.25, -0.2) is 0 Å². The molecule has 0 radical (unpaired) electrons. The van der Waals surface area contributed by atoms with Crippen LogP contribution < -0.4 is 5.73 Å². The number of benzene rings is 1. The van der Waals surface area contributed by atoms with Gasteiger partial charge in [0.2, 0.25) is 0 Å². The van der Waals surface area contributed by atoms with Crippen LogP contribution in [0.25, 0.3) is 0 Å². The number of rotatable bonds is 3. The van der Waals surface area contributed by atoms with Gasteiger partial charge in [-0.3, -0.25) is 0 Å². The molecule has 3 nitrogen and oxygen atoms in total. The fourth-order valence-corrected chi connectivity index (χ4v) is 1.42. The zero-order valence-electron chi connectivity index (χ0n) is 8.70. The molecule has 0 heterocycles. The van der Waals surface area contributed by atoms with E-state index in [0.29, 0.717) is 6.42 Å². The molecule has 3 heteroatoms. The van der Waals surface area contributed by atoms with Crippen molar-refractivity contribution < 1.29 is 0 Å². The summed E-state index contributed by atoms with van der Waals surface area (Å²) < 4.78 is 0. The van der Waals surface area contributed by atoms with Crippen LogP contribution in [0, 0.1) is 35.5 Å². The fourth-order valence-electron chi connectivity index (χ4n) is 1.42. The smallest absolute Gasteiger partial charge is 0.0670 e. The van der Waals surface area contributed by atoms with E-state index in [0.717, 1.165) is 16.8 Å². The second-order valence-electron chi connectivity index (χ2n) is 3.58. The normalized spacial score (nSPS) is 11.4. The molecule has 0 spiro atoms. The Hall–Kier alpha value is -2.00. The Morgan fingerprint density at radius 3 is 2.67 bits per heavy atom. The molecular weight excluding hydrogens is 186 g/mol. The van der Waals surface area contributed by atoms with Gasteiger partial charge in [0.15, 0.2) is 0 Å². The molecule has 1 aromatic carbocycles. The van der Waals surface area contributed by atoms with Crippen LogP contribution in [-0.4, -0.2) is 0 Å². The van der Waals surface area contributed by atoms with Crippen molar-refractivity contribution in [1.82, 2.24) is 0 Å². The summed E-state index contributed by atoms with van der Waals surface area (Å²) in [6.07, 6.45) is 0.894. The first-order valence-corrected chi connectivity index (χ1v) is 4.79. The van der Waals surface area contributed by atoms with E-state index in [9.17, 15) is 0 Å². The molecular formula is C12H13N3. The molecule has 0 aliphatic carbocycles. The van der Waals surface area contributed by atoms with Crippen LogP contribution in [0.2, 0.25) is 0 Å². The van der Waals surface area contributed by atoms with Crippen LogP contribution in [-0.2, 0) is 6.42 Å². The average Bonchev–Trinajstić information content (AvgIpc) is 2.23. The zero-order valence-corrected chi connectivity index (χ0v) is 8.70. The number of anilines is 1. The Kier molecular flexibility index (Phi) is 3.71. The summed E-state index contributed by atoms with van der Waals surface area (Å²) in [6, 6.07) is 9.86. The Bertz CT molecular complexity index is 423. The van der Waals surface area contributed by atoms with Crippen LogP contribution in [0.5, 0.6) is 0 Å². The molecule has 1 unspecified atom stereocenters. The summed E-state index contributed by atoms with van der Waals surface area (Å²) in [5, 5.41) is 17.3. The molecule has 0 aromatic heterocycles. The lowest BCUT2D eigenvalue weighted by Gasteiger charge is -2.07. The van der Waals surface area contributed by atoms with Gasteiger partial charge in [0, 0.05) is 5.69 Å². The van der Waals surface area contributed by atoms with Crippen LogP contribution >= 0.6 is 0 Å². The Morgan fingerprint density at radius 1 is 1.40 bits per heavy atom. The lowest BCUT2D eigenvalue weighted by Crippen LogP contribution is -2.01. The van der Waals surface area contributed by atoms with Crippen molar-refractivity contribution in [2.75, 3.05) is 5.73 Å². The van der Waals surface area contributed by atoms with Gasteiger partial charge < -0.3 is 5.73 Å². The van der Waals surface area contributed by atoms with E-state index in [4.69, 9.17) is 16.3 Å². The third-order valence-corrected chi connectivity index (χ3v) is 2.34. The standard InChI is InChI=1S/C12H13N3/c1-9-6-10(2-3-12(9)15)7-11(8-14)4-5-13/h2-3,6,11H,4,7,15H2,1H3. The summed E-state index contributed by atoms with van der Waals surface area (Å²) in [5.41, 5.74) is 8.52. The summed E-state index contributed by atoms with van der Waals surface area (Å²) >= 11 is 0. The van der Waals surface area contributed by atoms with E-state index in [1.165, 1.54) is 0 Å². The first kappa shape index (κ1) is 11.1. The van der Waals surface area contributed by atoms with Crippen LogP contribution in [0.15, 0.2) is 18.2 Å². The van der Waals surface area contributed by atoms with Crippen molar-refractivity contribution in [3.8, 4) is 12.1 Å². The first-order valence-electron chi connectivity index (χ1n) is 4.79. The molecule has 1 atom stereocenters. The SMILES string of the molecule is Cc1cc(CC(C#N)CC#N)ccc1N. The predicted molar refractivity (Wildman–Crippen MR) is 58.6 cm³/mol. The first-order chi connectivity index (χ1) is 7.17. The molecule has 0 amide bonds. The lowest BCUT2D eigenvalue weighted by molar-refractivity contribution is 0.680. The van der Waals surface area contributed by atoms with Gasteiger partial charge in [-0.05, 0) is 30.5 Å². The van der Waals surface area contributed by atoms with Crippen LogP contribution in [0.4, 0.5) is 5.69 Å². The van der Waals surface area contributed by atoms with Crippen molar-refractivity contribution in [3.63, 3.8) is 0 Å². The molecule has 1 rings (SSSR count). The van der Waals surface area contributed by atoms with E-state index >= 15 is 0 Å². The summed E-state index contributed by atoms with van der Waals surface area (Å²) in [6.45, 7) is 1.94. The molecule has 76 valence electrons. The molecule has 0 bridgehead atoms. The monoisotopic (exact) mass is 199 g/mol. The van der Waals surface area contributed by atoms with Crippen molar-refractivity contribution >= 4 is 5.69 Å². The van der Waals surface area contributed by atoms with Crippen LogP contribution in [0.1, 0.15) is 17.5 Å². The van der Waals surface area contributed by atoms with E-state index in [-0.39, 0.29) is 12.3 Å². The highest BCUT2D eigenvalue weighted by Crippen LogP contribution is 2.16. The van der Waals surface area contributed by atoms with Gasteiger partial charge in [0.05, 0.1) is 24.5 Å². The zero-order chi connectivity index (χ0) is 11.3. The maximum atomic E-state index is 8.82. The van der Waals surface area contributed by atoms with Crippen molar-refractivity contribution in [1.29, 1.82) is 10.5 Å². The molecule has 2 N–H and O–H groups in total. The number of nitrogens with zero attached hydrogens (tertiary/aromatic N) is 2.